The second kappa shape index (κ2) is 7.05. The Bertz CT molecular complexity index is 500. The highest BCUT2D eigenvalue weighted by Crippen LogP contribution is 2.27. The minimum Gasteiger partial charge on any atom is -0.466 e. The number of hydrogen-bond donors (Lipinski definition) is 0. The summed E-state index contributed by atoms with van der Waals surface area (Å²) in [6.45, 7) is 2.03. The van der Waals surface area contributed by atoms with Crippen molar-refractivity contribution in [3.8, 4) is 0 Å². The first-order valence-corrected chi connectivity index (χ1v) is 6.20. The van der Waals surface area contributed by atoms with Crippen molar-refractivity contribution in [2.24, 2.45) is 0 Å². The lowest BCUT2D eigenvalue weighted by molar-refractivity contribution is -0.143. The van der Waals surface area contributed by atoms with Crippen LogP contribution in [0.4, 0.5) is 13.2 Å². The van der Waals surface area contributed by atoms with E-state index in [0.29, 0.717) is 0 Å². The molecule has 0 radical (unpaired) electrons. The van der Waals surface area contributed by atoms with E-state index < -0.39 is 23.7 Å². The van der Waals surface area contributed by atoms with Gasteiger partial charge in [-0.2, -0.15) is 13.2 Å². The van der Waals surface area contributed by atoms with Gasteiger partial charge in [0, 0.05) is 19.8 Å². The second-order valence-corrected chi connectivity index (χ2v) is 4.21. The maximum Gasteiger partial charge on any atom is 0.433 e. The first-order valence-electron chi connectivity index (χ1n) is 6.20. The van der Waals surface area contributed by atoms with Crippen LogP contribution in [0.3, 0.4) is 0 Å². The normalized spacial score (nSPS) is 11.1. The number of aromatic nitrogens is 1. The summed E-state index contributed by atoms with van der Waals surface area (Å²) in [6.07, 6.45) is -3.66. The Labute approximate surface area is 119 Å². The number of rotatable bonds is 5. The molecule has 0 aliphatic heterocycles. The molecule has 1 amide bonds. The highest BCUT2D eigenvalue weighted by atomic mass is 19.4. The molecule has 0 saturated heterocycles. The van der Waals surface area contributed by atoms with Crippen molar-refractivity contribution in [2.75, 3.05) is 20.2 Å². The van der Waals surface area contributed by atoms with Gasteiger partial charge in [0.1, 0.15) is 5.69 Å². The van der Waals surface area contributed by atoms with Crippen molar-refractivity contribution in [3.05, 3.63) is 29.6 Å². The average Bonchev–Trinajstić information content (AvgIpc) is 2.43. The van der Waals surface area contributed by atoms with E-state index in [4.69, 9.17) is 4.74 Å². The standard InChI is InChI=1S/C13H15F3N2O3/c1-3-21-11(19)6-7-18(2)12(20)9-4-5-10(17-8-9)13(14,15)16/h4-5,8H,3,6-7H2,1-2H3. The Morgan fingerprint density at radius 1 is 1.33 bits per heavy atom. The van der Waals surface area contributed by atoms with Crippen LogP contribution in [0.2, 0.25) is 0 Å². The van der Waals surface area contributed by atoms with E-state index in [1.54, 1.807) is 6.92 Å². The maximum atomic E-state index is 12.4. The van der Waals surface area contributed by atoms with E-state index in [1.165, 1.54) is 11.9 Å². The van der Waals surface area contributed by atoms with Gasteiger partial charge in [-0.25, -0.2) is 0 Å². The highest BCUT2D eigenvalue weighted by molar-refractivity contribution is 5.93. The Kier molecular flexibility index (Phi) is 5.69. The highest BCUT2D eigenvalue weighted by Gasteiger charge is 2.32. The Morgan fingerprint density at radius 2 is 2.00 bits per heavy atom. The molecule has 1 aromatic rings. The van der Waals surface area contributed by atoms with Crippen molar-refractivity contribution in [3.63, 3.8) is 0 Å². The Balaban J connectivity index is 2.64. The number of hydrogen-bond acceptors (Lipinski definition) is 4. The summed E-state index contributed by atoms with van der Waals surface area (Å²) in [5.41, 5.74) is -1.04. The molecular formula is C13H15F3N2O3. The van der Waals surface area contributed by atoms with Crippen LogP contribution in [-0.4, -0.2) is 42.0 Å². The summed E-state index contributed by atoms with van der Waals surface area (Å²) in [5.74, 6) is -0.955. The van der Waals surface area contributed by atoms with Gasteiger partial charge in [-0.3, -0.25) is 14.6 Å². The molecule has 5 nitrogen and oxygen atoms in total. The van der Waals surface area contributed by atoms with Crippen LogP contribution >= 0.6 is 0 Å². The molecular weight excluding hydrogens is 289 g/mol. The molecule has 0 fully saturated rings. The lowest BCUT2D eigenvalue weighted by Gasteiger charge is -2.16. The fraction of sp³-hybridized carbons (Fsp3) is 0.462. The minimum absolute atomic E-state index is 0.0180. The largest absolute Gasteiger partial charge is 0.466 e. The molecule has 1 heterocycles. The van der Waals surface area contributed by atoms with Crippen molar-refractivity contribution in [1.29, 1.82) is 0 Å². The fourth-order valence-electron chi connectivity index (χ4n) is 1.50. The lowest BCUT2D eigenvalue weighted by Crippen LogP contribution is -2.29. The van der Waals surface area contributed by atoms with Crippen LogP contribution < -0.4 is 0 Å². The molecule has 0 bridgehead atoms. The van der Waals surface area contributed by atoms with Gasteiger partial charge in [0.2, 0.25) is 0 Å². The number of alkyl halides is 3. The number of esters is 1. The Morgan fingerprint density at radius 3 is 2.48 bits per heavy atom. The first kappa shape index (κ1) is 16.9. The second-order valence-electron chi connectivity index (χ2n) is 4.21. The molecule has 0 aliphatic carbocycles. The van der Waals surface area contributed by atoms with Crippen molar-refractivity contribution in [1.82, 2.24) is 9.88 Å². The third kappa shape index (κ3) is 5.05. The monoisotopic (exact) mass is 304 g/mol. The summed E-state index contributed by atoms with van der Waals surface area (Å²) >= 11 is 0. The molecule has 0 aliphatic rings. The third-order valence-electron chi connectivity index (χ3n) is 2.60. The summed E-state index contributed by atoms with van der Waals surface area (Å²) in [7, 11) is 1.44. The minimum atomic E-state index is -4.54. The van der Waals surface area contributed by atoms with Crippen molar-refractivity contribution >= 4 is 11.9 Å². The SMILES string of the molecule is CCOC(=O)CCN(C)C(=O)c1ccc(C(F)(F)F)nc1. The van der Waals surface area contributed by atoms with Crippen LogP contribution in [0.25, 0.3) is 0 Å². The van der Waals surface area contributed by atoms with E-state index in [9.17, 15) is 22.8 Å². The van der Waals surface area contributed by atoms with Gasteiger partial charge in [-0.15, -0.1) is 0 Å². The van der Waals surface area contributed by atoms with Crippen LogP contribution in [0.15, 0.2) is 18.3 Å². The molecule has 8 heteroatoms. The van der Waals surface area contributed by atoms with E-state index in [-0.39, 0.29) is 25.1 Å². The maximum absolute atomic E-state index is 12.4. The van der Waals surface area contributed by atoms with Crippen LogP contribution in [0.5, 0.6) is 0 Å². The number of nitrogens with zero attached hydrogens (tertiary/aromatic N) is 2. The molecule has 1 rings (SSSR count). The van der Waals surface area contributed by atoms with Crippen molar-refractivity contribution in [2.45, 2.75) is 19.5 Å². The van der Waals surface area contributed by atoms with Gasteiger partial charge in [-0.05, 0) is 19.1 Å². The van der Waals surface area contributed by atoms with Gasteiger partial charge in [0.05, 0.1) is 18.6 Å². The predicted molar refractivity (Wildman–Crippen MR) is 67.4 cm³/mol. The molecule has 116 valence electrons. The van der Waals surface area contributed by atoms with E-state index >= 15 is 0 Å². The number of carbonyl (C=O) groups excluding carboxylic acids is 2. The fourth-order valence-corrected chi connectivity index (χ4v) is 1.50. The van der Waals surface area contributed by atoms with Gasteiger partial charge in [-0.1, -0.05) is 0 Å². The van der Waals surface area contributed by atoms with E-state index in [1.807, 2.05) is 0 Å². The molecule has 21 heavy (non-hydrogen) atoms. The van der Waals surface area contributed by atoms with Crippen LogP contribution in [0, 0.1) is 0 Å². The summed E-state index contributed by atoms with van der Waals surface area (Å²) in [6, 6.07) is 1.80. The first-order chi connectivity index (χ1) is 9.75. The number of ether oxygens (including phenoxy) is 1. The van der Waals surface area contributed by atoms with E-state index in [0.717, 1.165) is 18.3 Å². The summed E-state index contributed by atoms with van der Waals surface area (Å²) < 4.78 is 41.8. The third-order valence-corrected chi connectivity index (χ3v) is 2.60. The Hall–Kier alpha value is -2.12. The molecule has 0 spiro atoms. The number of pyridine rings is 1. The van der Waals surface area contributed by atoms with Crippen LogP contribution in [-0.2, 0) is 15.7 Å². The van der Waals surface area contributed by atoms with E-state index in [2.05, 4.69) is 4.98 Å². The molecule has 0 unspecified atom stereocenters. The number of carbonyl (C=O) groups is 2. The zero-order valence-electron chi connectivity index (χ0n) is 11.6. The molecule has 0 saturated carbocycles. The smallest absolute Gasteiger partial charge is 0.433 e. The van der Waals surface area contributed by atoms with Crippen molar-refractivity contribution < 1.29 is 27.5 Å². The number of halogens is 3. The van der Waals surface area contributed by atoms with Gasteiger partial charge < -0.3 is 9.64 Å². The zero-order valence-corrected chi connectivity index (χ0v) is 11.6. The zero-order chi connectivity index (χ0) is 16.0. The van der Waals surface area contributed by atoms with Gasteiger partial charge >= 0.3 is 12.1 Å². The van der Waals surface area contributed by atoms with Gasteiger partial charge in [0.15, 0.2) is 0 Å². The molecule has 0 atom stereocenters. The molecule has 0 N–H and O–H groups in total. The summed E-state index contributed by atoms with van der Waals surface area (Å²) in [4.78, 5) is 27.5. The van der Waals surface area contributed by atoms with Crippen LogP contribution in [0.1, 0.15) is 29.4 Å². The molecule has 1 aromatic heterocycles. The molecule has 0 aromatic carbocycles. The topological polar surface area (TPSA) is 59.5 Å². The predicted octanol–water partition coefficient (Wildman–Crippen LogP) is 2.13. The number of amides is 1. The summed E-state index contributed by atoms with van der Waals surface area (Å²) in [5, 5.41) is 0. The average molecular weight is 304 g/mol. The quantitative estimate of drug-likeness (QED) is 0.782. The lowest BCUT2D eigenvalue weighted by atomic mass is 10.2. The van der Waals surface area contributed by atoms with Gasteiger partial charge in [0.25, 0.3) is 5.91 Å².